The summed E-state index contributed by atoms with van der Waals surface area (Å²) in [6.07, 6.45) is 1.34. The number of aryl methyl sites for hydroxylation is 1. The zero-order valence-corrected chi connectivity index (χ0v) is 13.2. The van der Waals surface area contributed by atoms with Gasteiger partial charge in [0.05, 0.1) is 6.42 Å². The van der Waals surface area contributed by atoms with Gasteiger partial charge in [0.1, 0.15) is 5.82 Å². The Labute approximate surface area is 129 Å². The molecule has 4 nitrogen and oxygen atoms in total. The fourth-order valence-corrected chi connectivity index (χ4v) is 3.14. The molecule has 1 amide bonds. The minimum Gasteiger partial charge on any atom is -0.358 e. The number of H-pyrrole nitrogens is 1. The van der Waals surface area contributed by atoms with E-state index in [0.717, 1.165) is 54.8 Å². The summed E-state index contributed by atoms with van der Waals surface area (Å²) < 4.78 is 13.5. The maximum absolute atomic E-state index is 13.5. The summed E-state index contributed by atoms with van der Waals surface area (Å²) in [6.45, 7) is 5.45. The first kappa shape index (κ1) is 15.0. The lowest BCUT2D eigenvalue weighted by Gasteiger charge is -2.20. The van der Waals surface area contributed by atoms with Gasteiger partial charge in [-0.05, 0) is 50.7 Å². The topological polar surface area (TPSA) is 39.3 Å². The van der Waals surface area contributed by atoms with Crippen LogP contribution >= 0.6 is 0 Å². The summed E-state index contributed by atoms with van der Waals surface area (Å²) in [4.78, 5) is 20.0. The average molecular weight is 303 g/mol. The van der Waals surface area contributed by atoms with Crippen molar-refractivity contribution in [2.75, 3.05) is 33.2 Å². The van der Waals surface area contributed by atoms with E-state index in [1.807, 2.05) is 11.8 Å². The van der Waals surface area contributed by atoms with E-state index >= 15 is 0 Å². The van der Waals surface area contributed by atoms with Crippen LogP contribution in [0.2, 0.25) is 0 Å². The van der Waals surface area contributed by atoms with Crippen molar-refractivity contribution < 1.29 is 9.18 Å². The molecular weight excluding hydrogens is 281 g/mol. The predicted molar refractivity (Wildman–Crippen MR) is 85.4 cm³/mol. The molecule has 2 aromatic rings. The number of nitrogens with zero attached hydrogens (tertiary/aromatic N) is 2. The summed E-state index contributed by atoms with van der Waals surface area (Å²) in [6, 6.07) is 4.68. The number of hydrogen-bond donors (Lipinski definition) is 1. The first-order valence-electron chi connectivity index (χ1n) is 7.77. The number of rotatable bonds is 2. The second-order valence-electron chi connectivity index (χ2n) is 6.13. The Morgan fingerprint density at radius 3 is 2.91 bits per heavy atom. The van der Waals surface area contributed by atoms with Crippen LogP contribution in [-0.2, 0) is 11.2 Å². The first-order valence-corrected chi connectivity index (χ1v) is 7.77. The summed E-state index contributed by atoms with van der Waals surface area (Å²) >= 11 is 0. The fraction of sp³-hybridized carbons (Fsp3) is 0.471. The van der Waals surface area contributed by atoms with Crippen LogP contribution in [0.25, 0.3) is 10.9 Å². The predicted octanol–water partition coefficient (Wildman–Crippen LogP) is 2.32. The zero-order chi connectivity index (χ0) is 15.7. The van der Waals surface area contributed by atoms with Gasteiger partial charge in [-0.15, -0.1) is 0 Å². The van der Waals surface area contributed by atoms with Gasteiger partial charge in [0, 0.05) is 36.2 Å². The van der Waals surface area contributed by atoms with Crippen molar-refractivity contribution in [3.63, 3.8) is 0 Å². The number of hydrogen-bond acceptors (Lipinski definition) is 2. The number of fused-ring (bicyclic) bond motifs is 1. The van der Waals surface area contributed by atoms with Crippen molar-refractivity contribution in [1.29, 1.82) is 0 Å². The molecule has 22 heavy (non-hydrogen) atoms. The van der Waals surface area contributed by atoms with E-state index in [1.54, 1.807) is 6.07 Å². The van der Waals surface area contributed by atoms with Gasteiger partial charge in [-0.3, -0.25) is 4.79 Å². The van der Waals surface area contributed by atoms with E-state index in [4.69, 9.17) is 0 Å². The van der Waals surface area contributed by atoms with E-state index in [0.29, 0.717) is 6.42 Å². The first-order chi connectivity index (χ1) is 10.5. The lowest BCUT2D eigenvalue weighted by Crippen LogP contribution is -2.35. The van der Waals surface area contributed by atoms with Crippen molar-refractivity contribution in [1.82, 2.24) is 14.8 Å². The largest absolute Gasteiger partial charge is 0.358 e. The highest BCUT2D eigenvalue weighted by molar-refractivity contribution is 5.90. The molecule has 1 N–H and O–H groups in total. The third-order valence-corrected chi connectivity index (χ3v) is 4.48. The molecule has 1 aromatic heterocycles. The molecule has 0 aliphatic carbocycles. The number of aromatic nitrogens is 1. The second kappa shape index (κ2) is 6.08. The maximum Gasteiger partial charge on any atom is 0.227 e. The number of nitrogens with one attached hydrogen (secondary N) is 1. The minimum absolute atomic E-state index is 0.128. The molecule has 118 valence electrons. The molecule has 5 heteroatoms. The number of carbonyl (C=O) groups excluding carboxylic acids is 1. The van der Waals surface area contributed by atoms with Gasteiger partial charge in [-0.1, -0.05) is 0 Å². The SMILES string of the molecule is Cc1[nH]c2ccc(F)cc2c1CC(=O)N1CCCN(C)CC1. The monoisotopic (exact) mass is 303 g/mol. The third kappa shape index (κ3) is 2.99. The highest BCUT2D eigenvalue weighted by Crippen LogP contribution is 2.24. The van der Waals surface area contributed by atoms with E-state index in [1.165, 1.54) is 12.1 Å². The van der Waals surface area contributed by atoms with Crippen LogP contribution in [0.5, 0.6) is 0 Å². The number of benzene rings is 1. The van der Waals surface area contributed by atoms with Crippen LogP contribution in [-0.4, -0.2) is 53.9 Å². The zero-order valence-electron chi connectivity index (χ0n) is 13.2. The molecule has 2 heterocycles. The number of amides is 1. The van der Waals surface area contributed by atoms with E-state index in [9.17, 15) is 9.18 Å². The minimum atomic E-state index is -0.267. The van der Waals surface area contributed by atoms with E-state index < -0.39 is 0 Å². The Balaban J connectivity index is 1.81. The summed E-state index contributed by atoms with van der Waals surface area (Å²) in [7, 11) is 2.08. The Morgan fingerprint density at radius 2 is 2.09 bits per heavy atom. The van der Waals surface area contributed by atoms with Crippen molar-refractivity contribution >= 4 is 16.8 Å². The van der Waals surface area contributed by atoms with Gasteiger partial charge in [0.25, 0.3) is 0 Å². The quantitative estimate of drug-likeness (QED) is 0.925. The Kier molecular flexibility index (Phi) is 4.16. The maximum atomic E-state index is 13.5. The normalized spacial score (nSPS) is 17.0. The van der Waals surface area contributed by atoms with Crippen LogP contribution < -0.4 is 0 Å². The van der Waals surface area contributed by atoms with Gasteiger partial charge in [0.2, 0.25) is 5.91 Å². The average Bonchev–Trinajstić information content (AvgIpc) is 2.65. The van der Waals surface area contributed by atoms with Crippen LogP contribution in [0.15, 0.2) is 18.2 Å². The van der Waals surface area contributed by atoms with Gasteiger partial charge < -0.3 is 14.8 Å². The van der Waals surface area contributed by atoms with Crippen molar-refractivity contribution in [2.45, 2.75) is 19.8 Å². The Morgan fingerprint density at radius 1 is 1.27 bits per heavy atom. The molecule has 0 unspecified atom stereocenters. The second-order valence-corrected chi connectivity index (χ2v) is 6.13. The molecule has 0 spiro atoms. The molecule has 0 radical (unpaired) electrons. The summed E-state index contributed by atoms with van der Waals surface area (Å²) in [5, 5.41) is 0.817. The summed E-state index contributed by atoms with van der Waals surface area (Å²) in [5.74, 6) is -0.139. The highest BCUT2D eigenvalue weighted by atomic mass is 19.1. The van der Waals surface area contributed by atoms with Crippen LogP contribution in [0.3, 0.4) is 0 Å². The van der Waals surface area contributed by atoms with E-state index in [-0.39, 0.29) is 11.7 Å². The fourth-order valence-electron chi connectivity index (χ4n) is 3.14. The van der Waals surface area contributed by atoms with Gasteiger partial charge in [-0.2, -0.15) is 0 Å². The van der Waals surface area contributed by atoms with Crippen LogP contribution in [0.4, 0.5) is 4.39 Å². The van der Waals surface area contributed by atoms with E-state index in [2.05, 4.69) is 16.9 Å². The van der Waals surface area contributed by atoms with Crippen LogP contribution in [0.1, 0.15) is 17.7 Å². The van der Waals surface area contributed by atoms with Gasteiger partial charge in [-0.25, -0.2) is 4.39 Å². The molecule has 0 atom stereocenters. The molecule has 1 aromatic carbocycles. The number of carbonyl (C=O) groups is 1. The molecular formula is C17H22FN3O. The lowest BCUT2D eigenvalue weighted by atomic mass is 10.1. The molecule has 1 aliphatic heterocycles. The van der Waals surface area contributed by atoms with Gasteiger partial charge >= 0.3 is 0 Å². The summed E-state index contributed by atoms with van der Waals surface area (Å²) in [5.41, 5.74) is 2.75. The number of halogens is 1. The molecule has 1 fully saturated rings. The molecule has 0 bridgehead atoms. The van der Waals surface area contributed by atoms with Crippen molar-refractivity contribution in [2.24, 2.45) is 0 Å². The molecule has 1 aliphatic rings. The smallest absolute Gasteiger partial charge is 0.227 e. The molecule has 0 saturated carbocycles. The number of likely N-dealkylation sites (N-methyl/N-ethyl adjacent to an activating group) is 1. The number of aromatic amines is 1. The molecule has 3 rings (SSSR count). The van der Waals surface area contributed by atoms with Crippen molar-refractivity contribution in [3.05, 3.63) is 35.3 Å². The lowest BCUT2D eigenvalue weighted by molar-refractivity contribution is -0.130. The molecule has 1 saturated heterocycles. The third-order valence-electron chi connectivity index (χ3n) is 4.48. The highest BCUT2D eigenvalue weighted by Gasteiger charge is 2.20. The van der Waals surface area contributed by atoms with Gasteiger partial charge in [0.15, 0.2) is 0 Å². The Bertz CT molecular complexity index is 695. The van der Waals surface area contributed by atoms with Crippen LogP contribution in [0, 0.1) is 12.7 Å². The standard InChI is InChI=1S/C17H22FN3O/c1-12-14(15-10-13(18)4-5-16(15)19-12)11-17(22)21-7-3-6-20(2)8-9-21/h4-5,10,19H,3,6-9,11H2,1-2H3. The Hall–Kier alpha value is -1.88. The van der Waals surface area contributed by atoms with Crippen molar-refractivity contribution in [3.8, 4) is 0 Å².